The zero-order valence-electron chi connectivity index (χ0n) is 14.0. The Morgan fingerprint density at radius 2 is 2.04 bits per heavy atom. The maximum Gasteiger partial charge on any atom is 0.244 e. The first-order valence-corrected chi connectivity index (χ1v) is 9.26. The summed E-state index contributed by atoms with van der Waals surface area (Å²) < 4.78 is 47.2. The van der Waals surface area contributed by atoms with Gasteiger partial charge in [0.05, 0.1) is 19.3 Å². The molecule has 1 N–H and O–H groups in total. The van der Waals surface area contributed by atoms with Crippen LogP contribution in [0, 0.1) is 5.82 Å². The van der Waals surface area contributed by atoms with Crippen molar-refractivity contribution in [3.05, 3.63) is 60.7 Å². The molecule has 136 valence electrons. The lowest BCUT2D eigenvalue weighted by molar-refractivity contribution is 0.400. The van der Waals surface area contributed by atoms with Crippen LogP contribution >= 0.6 is 0 Å². The molecule has 2 aromatic heterocycles. The maximum absolute atomic E-state index is 13.4. The second kappa shape index (κ2) is 7.63. The molecule has 0 amide bonds. The number of ether oxygens (including phenoxy) is 1. The summed E-state index contributed by atoms with van der Waals surface area (Å²) in [4.78, 5) is 3.97. The number of aromatic nitrogens is 3. The maximum atomic E-state index is 13.4. The Bertz CT molecular complexity index is 990. The van der Waals surface area contributed by atoms with Crippen molar-refractivity contribution in [3.8, 4) is 17.1 Å². The first kappa shape index (κ1) is 18.0. The Balaban J connectivity index is 1.66. The van der Waals surface area contributed by atoms with Gasteiger partial charge >= 0.3 is 0 Å². The van der Waals surface area contributed by atoms with Gasteiger partial charge < -0.3 is 4.74 Å². The first-order chi connectivity index (χ1) is 12.5. The number of pyridine rings is 1. The second-order valence-corrected chi connectivity index (χ2v) is 7.11. The molecule has 0 spiro atoms. The summed E-state index contributed by atoms with van der Waals surface area (Å²) in [5.74, 6) is -0.575. The molecule has 0 atom stereocenters. The van der Waals surface area contributed by atoms with E-state index in [9.17, 15) is 12.8 Å². The van der Waals surface area contributed by atoms with E-state index in [1.165, 1.54) is 13.2 Å². The van der Waals surface area contributed by atoms with Gasteiger partial charge in [-0.3, -0.25) is 9.67 Å². The van der Waals surface area contributed by atoms with Crippen molar-refractivity contribution in [2.24, 2.45) is 0 Å². The van der Waals surface area contributed by atoms with Crippen molar-refractivity contribution in [2.45, 2.75) is 11.4 Å². The van der Waals surface area contributed by atoms with E-state index < -0.39 is 15.8 Å². The molecule has 9 heteroatoms. The van der Waals surface area contributed by atoms with Gasteiger partial charge in [-0.25, -0.2) is 17.5 Å². The third-order valence-corrected chi connectivity index (χ3v) is 5.10. The molecule has 0 aliphatic carbocycles. The van der Waals surface area contributed by atoms with E-state index in [0.29, 0.717) is 12.2 Å². The molecule has 0 saturated carbocycles. The number of rotatable bonds is 7. The lowest BCUT2D eigenvalue weighted by Gasteiger charge is -2.10. The summed E-state index contributed by atoms with van der Waals surface area (Å²) in [7, 11) is -2.58. The van der Waals surface area contributed by atoms with Crippen molar-refractivity contribution < 1.29 is 17.5 Å². The van der Waals surface area contributed by atoms with Gasteiger partial charge in [-0.05, 0) is 36.4 Å². The van der Waals surface area contributed by atoms with Gasteiger partial charge in [-0.15, -0.1) is 0 Å². The second-order valence-electron chi connectivity index (χ2n) is 5.37. The summed E-state index contributed by atoms with van der Waals surface area (Å²) in [5.41, 5.74) is 1.43. The molecule has 26 heavy (non-hydrogen) atoms. The lowest BCUT2D eigenvalue weighted by atomic mass is 10.3. The highest BCUT2D eigenvalue weighted by Crippen LogP contribution is 2.24. The molecular weight excluding hydrogens is 359 g/mol. The number of benzene rings is 1. The monoisotopic (exact) mass is 376 g/mol. The molecule has 0 fully saturated rings. The fraction of sp³-hybridized carbons (Fsp3) is 0.176. The number of halogens is 1. The quantitative estimate of drug-likeness (QED) is 0.682. The molecule has 0 aliphatic rings. The van der Waals surface area contributed by atoms with E-state index in [0.717, 1.165) is 17.8 Å². The van der Waals surface area contributed by atoms with E-state index in [4.69, 9.17) is 4.74 Å². The summed E-state index contributed by atoms with van der Waals surface area (Å²) >= 11 is 0. The van der Waals surface area contributed by atoms with Crippen molar-refractivity contribution in [3.63, 3.8) is 0 Å². The molecule has 7 nitrogen and oxygen atoms in total. The van der Waals surface area contributed by atoms with E-state index in [1.54, 1.807) is 23.1 Å². The molecule has 0 unspecified atom stereocenters. The van der Waals surface area contributed by atoms with Crippen LogP contribution in [0.5, 0.6) is 5.75 Å². The molecule has 0 aliphatic heterocycles. The average Bonchev–Trinajstić information content (AvgIpc) is 3.11. The van der Waals surface area contributed by atoms with Crippen LogP contribution < -0.4 is 9.46 Å². The van der Waals surface area contributed by atoms with Gasteiger partial charge in [0, 0.05) is 18.9 Å². The number of hydrogen-bond acceptors (Lipinski definition) is 5. The van der Waals surface area contributed by atoms with Gasteiger partial charge in [-0.1, -0.05) is 6.07 Å². The standard InChI is InChI=1S/C17H17FN4O3S/c1-25-16-6-5-13(18)12-17(16)26(23,24)20-9-11-22-10-7-15(21-22)14-4-2-3-8-19-14/h2-8,10,12,20H,9,11H2,1H3. The first-order valence-electron chi connectivity index (χ1n) is 7.78. The largest absolute Gasteiger partial charge is 0.495 e. The van der Waals surface area contributed by atoms with Crippen LogP contribution in [0.3, 0.4) is 0 Å². The highest BCUT2D eigenvalue weighted by atomic mass is 32.2. The minimum absolute atomic E-state index is 0.0791. The normalized spacial score (nSPS) is 11.5. The minimum Gasteiger partial charge on any atom is -0.495 e. The smallest absolute Gasteiger partial charge is 0.244 e. The Labute approximate surface area is 150 Å². The van der Waals surface area contributed by atoms with Crippen molar-refractivity contribution >= 4 is 10.0 Å². The van der Waals surface area contributed by atoms with Crippen LogP contribution in [-0.4, -0.2) is 36.8 Å². The Morgan fingerprint density at radius 3 is 2.77 bits per heavy atom. The number of hydrogen-bond donors (Lipinski definition) is 1. The minimum atomic E-state index is -3.91. The topological polar surface area (TPSA) is 86.1 Å². The zero-order chi connectivity index (χ0) is 18.6. The van der Waals surface area contributed by atoms with E-state index in [1.807, 2.05) is 18.2 Å². The van der Waals surface area contributed by atoms with Crippen LogP contribution in [-0.2, 0) is 16.6 Å². The fourth-order valence-corrected chi connectivity index (χ4v) is 3.57. The van der Waals surface area contributed by atoms with Crippen LogP contribution in [0.25, 0.3) is 11.4 Å². The molecular formula is C17H17FN4O3S. The van der Waals surface area contributed by atoms with Crippen LogP contribution in [0.2, 0.25) is 0 Å². The van der Waals surface area contributed by atoms with Crippen molar-refractivity contribution in [1.82, 2.24) is 19.5 Å². The Morgan fingerprint density at radius 1 is 1.19 bits per heavy atom. The highest BCUT2D eigenvalue weighted by molar-refractivity contribution is 7.89. The molecule has 3 aromatic rings. The lowest BCUT2D eigenvalue weighted by Crippen LogP contribution is -2.28. The molecule has 1 aromatic carbocycles. The summed E-state index contributed by atoms with van der Waals surface area (Å²) in [6, 6.07) is 10.7. The number of nitrogens with zero attached hydrogens (tertiary/aromatic N) is 3. The fourth-order valence-electron chi connectivity index (χ4n) is 2.37. The van der Waals surface area contributed by atoms with Crippen LogP contribution in [0.4, 0.5) is 4.39 Å². The molecule has 2 heterocycles. The van der Waals surface area contributed by atoms with Gasteiger partial charge in [0.15, 0.2) is 0 Å². The summed E-state index contributed by atoms with van der Waals surface area (Å²) in [5, 5.41) is 4.36. The van der Waals surface area contributed by atoms with E-state index >= 15 is 0 Å². The van der Waals surface area contributed by atoms with Gasteiger partial charge in [0.1, 0.15) is 22.2 Å². The molecule has 0 radical (unpaired) electrons. The third kappa shape index (κ3) is 4.06. The number of methoxy groups -OCH3 is 1. The SMILES string of the molecule is COc1ccc(F)cc1S(=O)(=O)NCCn1ccc(-c2ccccn2)n1. The van der Waals surface area contributed by atoms with Crippen LogP contribution in [0.15, 0.2) is 59.8 Å². The molecule has 3 rings (SSSR count). The van der Waals surface area contributed by atoms with Crippen molar-refractivity contribution in [1.29, 1.82) is 0 Å². The number of sulfonamides is 1. The predicted octanol–water partition coefficient (Wildman–Crippen LogP) is 2.07. The van der Waals surface area contributed by atoms with Gasteiger partial charge in [0.25, 0.3) is 0 Å². The molecule has 0 bridgehead atoms. The van der Waals surface area contributed by atoms with Gasteiger partial charge in [0.2, 0.25) is 10.0 Å². The summed E-state index contributed by atoms with van der Waals surface area (Å²) in [6.45, 7) is 0.398. The van der Waals surface area contributed by atoms with E-state index in [2.05, 4.69) is 14.8 Å². The average molecular weight is 376 g/mol. The summed E-state index contributed by atoms with van der Waals surface area (Å²) in [6.07, 6.45) is 3.41. The molecule has 0 saturated heterocycles. The number of nitrogens with one attached hydrogen (secondary N) is 1. The van der Waals surface area contributed by atoms with Crippen molar-refractivity contribution in [2.75, 3.05) is 13.7 Å². The van der Waals surface area contributed by atoms with Gasteiger partial charge in [-0.2, -0.15) is 5.10 Å². The van der Waals surface area contributed by atoms with Crippen LogP contribution in [0.1, 0.15) is 0 Å². The highest BCUT2D eigenvalue weighted by Gasteiger charge is 2.20. The predicted molar refractivity (Wildman–Crippen MR) is 93.6 cm³/mol. The Kier molecular flexibility index (Phi) is 5.29. The zero-order valence-corrected chi connectivity index (χ0v) is 14.8. The third-order valence-electron chi connectivity index (χ3n) is 3.62. The Hall–Kier alpha value is -2.78. The van der Waals surface area contributed by atoms with E-state index in [-0.39, 0.29) is 17.2 Å².